The number of hydrazine groups is 2. The van der Waals surface area contributed by atoms with Crippen LogP contribution in [0.2, 0.25) is 10.0 Å². The van der Waals surface area contributed by atoms with E-state index in [9.17, 15) is 5.26 Å². The quantitative estimate of drug-likeness (QED) is 0.134. The van der Waals surface area contributed by atoms with Gasteiger partial charge in [-0.05, 0) is 92.8 Å². The summed E-state index contributed by atoms with van der Waals surface area (Å²) in [6, 6.07) is 20.6. The number of rotatable bonds is 7. The van der Waals surface area contributed by atoms with E-state index in [-0.39, 0.29) is 11.6 Å². The summed E-state index contributed by atoms with van der Waals surface area (Å²) in [5.74, 6) is 0. The molecule has 0 radical (unpaired) electrons. The van der Waals surface area contributed by atoms with Crippen LogP contribution < -0.4 is 21.6 Å². The molecule has 2 aromatic heterocycles. The zero-order valence-electron chi connectivity index (χ0n) is 27.4. The lowest BCUT2D eigenvalue weighted by molar-refractivity contribution is 0.0570. The van der Waals surface area contributed by atoms with Gasteiger partial charge in [-0.15, -0.1) is 16.9 Å². The number of aryl methyl sites for hydroxylation is 1. The Balaban J connectivity index is 1.26. The van der Waals surface area contributed by atoms with Gasteiger partial charge in [0, 0.05) is 63.6 Å². The van der Waals surface area contributed by atoms with E-state index in [1.807, 2.05) is 37.3 Å². The molecule has 5 aromatic rings. The van der Waals surface area contributed by atoms with E-state index >= 15 is 0 Å². The molecule has 7 rings (SSSR count). The largest absolute Gasteiger partial charge is 0.373 e. The summed E-state index contributed by atoms with van der Waals surface area (Å²) in [4.78, 5) is 7.13. The van der Waals surface area contributed by atoms with Crippen molar-refractivity contribution in [3.05, 3.63) is 105 Å². The second-order valence-electron chi connectivity index (χ2n) is 13.5. The van der Waals surface area contributed by atoms with Crippen LogP contribution in [0, 0.1) is 18.3 Å². The lowest BCUT2D eigenvalue weighted by atomic mass is 9.97. The lowest BCUT2D eigenvalue weighted by Gasteiger charge is -2.42. The van der Waals surface area contributed by atoms with Crippen molar-refractivity contribution in [3.8, 4) is 6.07 Å². The predicted octanol–water partition coefficient (Wildman–Crippen LogP) is 9.26. The number of aromatic nitrogens is 1. The van der Waals surface area contributed by atoms with Crippen LogP contribution in [0.4, 0.5) is 17.1 Å². The maximum Gasteiger partial charge on any atom is 0.103 e. The molecule has 1 fully saturated rings. The molecule has 48 heavy (non-hydrogen) atoms. The first-order valence-corrected chi connectivity index (χ1v) is 17.8. The number of hydrogen-bond donors (Lipinski definition) is 4. The van der Waals surface area contributed by atoms with Gasteiger partial charge in [-0.3, -0.25) is 14.9 Å². The van der Waals surface area contributed by atoms with Gasteiger partial charge in [-0.25, -0.2) is 0 Å². The van der Waals surface area contributed by atoms with Crippen LogP contribution in [0.5, 0.6) is 0 Å². The van der Waals surface area contributed by atoms with Crippen molar-refractivity contribution in [2.75, 3.05) is 23.7 Å². The van der Waals surface area contributed by atoms with Crippen molar-refractivity contribution in [1.82, 2.24) is 25.9 Å². The van der Waals surface area contributed by atoms with E-state index in [1.54, 1.807) is 17.5 Å². The molecule has 2 aliphatic rings. The van der Waals surface area contributed by atoms with Crippen molar-refractivity contribution in [2.45, 2.75) is 58.2 Å². The molecule has 11 heteroatoms. The number of anilines is 3. The number of pyridine rings is 1. The maximum absolute atomic E-state index is 10.1. The zero-order valence-corrected chi connectivity index (χ0v) is 29.7. The Hall–Kier alpha value is -4.04. The molecular weight excluding hydrogens is 659 g/mol. The first-order chi connectivity index (χ1) is 23.1. The number of fused-ring (bicyclic) bond motifs is 2. The molecule has 0 amide bonds. The molecule has 0 spiro atoms. The summed E-state index contributed by atoms with van der Waals surface area (Å²) < 4.78 is 1.22. The van der Waals surface area contributed by atoms with Crippen LogP contribution in [0.15, 0.2) is 78.1 Å². The van der Waals surface area contributed by atoms with Gasteiger partial charge in [-0.1, -0.05) is 47.5 Å². The fourth-order valence-electron chi connectivity index (χ4n) is 6.59. The monoisotopic (exact) mass is 696 g/mol. The normalized spacial score (nSPS) is 16.5. The van der Waals surface area contributed by atoms with E-state index in [2.05, 4.69) is 99.2 Å². The summed E-state index contributed by atoms with van der Waals surface area (Å²) in [6.45, 7) is 10.9. The molecule has 0 bridgehead atoms. The van der Waals surface area contributed by atoms with Crippen molar-refractivity contribution in [3.63, 3.8) is 0 Å². The molecule has 8 nitrogen and oxygen atoms in total. The highest BCUT2D eigenvalue weighted by molar-refractivity contribution is 7.17. The van der Waals surface area contributed by atoms with Gasteiger partial charge in [0.15, 0.2) is 0 Å². The molecule has 1 saturated heterocycles. The Kier molecular flexibility index (Phi) is 8.88. The molecule has 3 aromatic carbocycles. The van der Waals surface area contributed by atoms with Crippen LogP contribution in [-0.2, 0) is 0 Å². The standard InChI is InChI=1S/C37H38Cl2N8S/c1-22-9-10-24(16-30(22)38)42-34-23(18-40)19-41-35-28(34)15-25(17-31(35)39)43-36(29-21-48-33-8-6-5-7-27(29)33)32-20-47(45-44-32)26-11-13-46(14-12-26)37(2,3)4/h5-10,15-17,19-21,26,36,43-45H,11-14H2,1-4H3,(H,41,42)/t36-/m0/s1. The number of nitrogens with zero attached hydrogens (tertiary/aromatic N) is 4. The summed E-state index contributed by atoms with van der Waals surface area (Å²) in [5, 5.41) is 24.8. The van der Waals surface area contributed by atoms with Crippen LogP contribution in [0.3, 0.4) is 0 Å². The van der Waals surface area contributed by atoms with E-state index < -0.39 is 0 Å². The number of nitrogens with one attached hydrogen (secondary N) is 4. The maximum atomic E-state index is 10.1. The van der Waals surface area contributed by atoms with Crippen molar-refractivity contribution < 1.29 is 0 Å². The van der Waals surface area contributed by atoms with Gasteiger partial charge in [0.2, 0.25) is 0 Å². The number of nitriles is 1. The molecule has 246 valence electrons. The number of hydrogen-bond acceptors (Lipinski definition) is 9. The lowest BCUT2D eigenvalue weighted by Crippen LogP contribution is -2.52. The highest BCUT2D eigenvalue weighted by Gasteiger charge is 2.32. The smallest absolute Gasteiger partial charge is 0.103 e. The first kappa shape index (κ1) is 32.5. The SMILES string of the molecule is Cc1ccc(Nc2c(C#N)cnc3c(Cl)cc(N[C@H](C4=CN(C5CCN(C(C)(C)C)CC5)NN4)c4csc5ccccc45)cc23)cc1Cl. The molecular formula is C37H38Cl2N8S. The van der Waals surface area contributed by atoms with Crippen molar-refractivity contribution in [1.29, 1.82) is 5.26 Å². The van der Waals surface area contributed by atoms with Gasteiger partial charge in [0.1, 0.15) is 6.07 Å². The van der Waals surface area contributed by atoms with Gasteiger partial charge in [-0.2, -0.15) is 5.26 Å². The summed E-state index contributed by atoms with van der Waals surface area (Å²) in [7, 11) is 0. The molecule has 4 heterocycles. The molecule has 0 unspecified atom stereocenters. The van der Waals surface area contributed by atoms with Crippen LogP contribution in [0.1, 0.15) is 56.3 Å². The third-order valence-corrected chi connectivity index (χ3v) is 11.0. The Morgan fingerprint density at radius 1 is 1.02 bits per heavy atom. The topological polar surface area (TPSA) is 91.3 Å². The van der Waals surface area contributed by atoms with Crippen molar-refractivity contribution in [2.24, 2.45) is 0 Å². The molecule has 0 saturated carbocycles. The highest BCUT2D eigenvalue weighted by Crippen LogP contribution is 2.40. The molecule has 4 N–H and O–H groups in total. The van der Waals surface area contributed by atoms with Crippen molar-refractivity contribution >= 4 is 72.6 Å². The number of benzene rings is 3. The Labute approximate surface area is 295 Å². The molecule has 2 aliphatic heterocycles. The second-order valence-corrected chi connectivity index (χ2v) is 15.2. The Bertz CT molecular complexity index is 2070. The number of halogens is 2. The average molecular weight is 698 g/mol. The Morgan fingerprint density at radius 2 is 1.79 bits per heavy atom. The number of thiophene rings is 1. The van der Waals surface area contributed by atoms with E-state index in [4.69, 9.17) is 23.2 Å². The van der Waals surface area contributed by atoms with Crippen LogP contribution in [0.25, 0.3) is 21.0 Å². The second kappa shape index (κ2) is 13.1. The zero-order chi connectivity index (χ0) is 33.6. The third kappa shape index (κ3) is 6.39. The number of piperidine rings is 1. The fourth-order valence-corrected chi connectivity index (χ4v) is 8.03. The van der Waals surface area contributed by atoms with E-state index in [0.29, 0.717) is 32.9 Å². The summed E-state index contributed by atoms with van der Waals surface area (Å²) >= 11 is 15.1. The van der Waals surface area contributed by atoms with E-state index in [1.165, 1.54) is 10.1 Å². The predicted molar refractivity (Wildman–Crippen MR) is 200 cm³/mol. The number of likely N-dealkylation sites (tertiary alicyclic amines) is 1. The summed E-state index contributed by atoms with van der Waals surface area (Å²) in [6.07, 6.45) is 5.91. The van der Waals surface area contributed by atoms with Gasteiger partial charge in [0.25, 0.3) is 0 Å². The van der Waals surface area contributed by atoms with Gasteiger partial charge < -0.3 is 16.1 Å². The minimum atomic E-state index is -0.221. The third-order valence-electron chi connectivity index (χ3n) is 9.34. The highest BCUT2D eigenvalue weighted by atomic mass is 35.5. The fraction of sp³-hybridized carbons (Fsp3) is 0.297. The van der Waals surface area contributed by atoms with Crippen LogP contribution >= 0.6 is 34.5 Å². The molecule has 0 aliphatic carbocycles. The summed E-state index contributed by atoms with van der Waals surface area (Å²) in [5.41, 5.74) is 13.5. The Morgan fingerprint density at radius 3 is 2.54 bits per heavy atom. The van der Waals surface area contributed by atoms with Gasteiger partial charge in [0.05, 0.1) is 33.5 Å². The molecule has 1 atom stereocenters. The average Bonchev–Trinajstić information content (AvgIpc) is 3.74. The first-order valence-electron chi connectivity index (χ1n) is 16.1. The minimum Gasteiger partial charge on any atom is -0.373 e. The van der Waals surface area contributed by atoms with Gasteiger partial charge >= 0.3 is 0 Å². The van der Waals surface area contributed by atoms with E-state index in [0.717, 1.165) is 59.5 Å². The van der Waals surface area contributed by atoms with Crippen LogP contribution in [-0.4, -0.2) is 39.6 Å². The minimum absolute atomic E-state index is 0.172.